The van der Waals surface area contributed by atoms with Crippen molar-refractivity contribution in [1.29, 1.82) is 0 Å². The van der Waals surface area contributed by atoms with Crippen molar-refractivity contribution in [3.8, 4) is 0 Å². The second kappa shape index (κ2) is 2.34. The van der Waals surface area contributed by atoms with E-state index in [1.54, 1.807) is 0 Å². The van der Waals surface area contributed by atoms with Crippen LogP contribution in [0.15, 0.2) is 0 Å². The molecule has 0 aromatic rings. The standard InChI is InChI=1S/C6H10O4S/c7-1-2(8)4(10)6-5(11-6)3(1)9/h1-10H. The van der Waals surface area contributed by atoms with Crippen molar-refractivity contribution in [3.63, 3.8) is 0 Å². The van der Waals surface area contributed by atoms with Crippen LogP contribution in [0, 0.1) is 0 Å². The number of hydrogen-bond donors (Lipinski definition) is 4. The molecular formula is C6H10O4S. The SMILES string of the molecule is OC1C(O)C(O)C2SC2C1O. The summed E-state index contributed by atoms with van der Waals surface area (Å²) in [4.78, 5) is 0. The van der Waals surface area contributed by atoms with Gasteiger partial charge in [-0.2, -0.15) is 0 Å². The molecule has 4 nitrogen and oxygen atoms in total. The molecule has 11 heavy (non-hydrogen) atoms. The fourth-order valence-electron chi connectivity index (χ4n) is 1.48. The third kappa shape index (κ3) is 0.996. The van der Waals surface area contributed by atoms with Gasteiger partial charge >= 0.3 is 0 Å². The fourth-order valence-corrected chi connectivity index (χ4v) is 2.72. The Kier molecular flexibility index (Phi) is 1.66. The number of fused-ring (bicyclic) bond motifs is 1. The van der Waals surface area contributed by atoms with E-state index in [0.717, 1.165) is 0 Å². The fraction of sp³-hybridized carbons (Fsp3) is 1.00. The molecule has 0 amide bonds. The van der Waals surface area contributed by atoms with Crippen molar-refractivity contribution in [2.45, 2.75) is 34.9 Å². The van der Waals surface area contributed by atoms with E-state index in [9.17, 15) is 10.2 Å². The molecule has 5 heteroatoms. The maximum atomic E-state index is 9.23. The molecule has 2 fully saturated rings. The lowest BCUT2D eigenvalue weighted by atomic mass is 9.90. The molecule has 1 heterocycles. The van der Waals surface area contributed by atoms with Gasteiger partial charge in [-0.15, -0.1) is 11.8 Å². The minimum atomic E-state index is -1.19. The Morgan fingerprint density at radius 3 is 1.36 bits per heavy atom. The summed E-state index contributed by atoms with van der Waals surface area (Å²) in [6.07, 6.45) is -4.16. The molecule has 0 aromatic carbocycles. The number of aliphatic hydroxyl groups is 4. The van der Waals surface area contributed by atoms with Crippen molar-refractivity contribution < 1.29 is 20.4 Å². The summed E-state index contributed by atoms with van der Waals surface area (Å²) in [5, 5.41) is 36.6. The Hall–Kier alpha value is 0.190. The zero-order valence-electron chi connectivity index (χ0n) is 5.66. The van der Waals surface area contributed by atoms with Crippen LogP contribution in [0.2, 0.25) is 0 Å². The average molecular weight is 178 g/mol. The lowest BCUT2D eigenvalue weighted by Gasteiger charge is -2.30. The summed E-state index contributed by atoms with van der Waals surface area (Å²) < 4.78 is 0. The molecule has 4 N–H and O–H groups in total. The van der Waals surface area contributed by atoms with Crippen molar-refractivity contribution >= 4 is 11.8 Å². The predicted molar refractivity (Wildman–Crippen MR) is 39.2 cm³/mol. The summed E-state index contributed by atoms with van der Waals surface area (Å²) in [5.74, 6) is 0. The Morgan fingerprint density at radius 1 is 0.636 bits per heavy atom. The molecule has 1 aliphatic carbocycles. The van der Waals surface area contributed by atoms with Gasteiger partial charge in [0.05, 0.1) is 12.2 Å². The molecule has 64 valence electrons. The van der Waals surface area contributed by atoms with Gasteiger partial charge in [-0.25, -0.2) is 0 Å². The number of rotatable bonds is 0. The highest BCUT2D eigenvalue weighted by Crippen LogP contribution is 2.50. The molecule has 2 aliphatic rings. The predicted octanol–water partition coefficient (Wildman–Crippen LogP) is -2.07. The van der Waals surface area contributed by atoms with Crippen molar-refractivity contribution in [2.75, 3.05) is 0 Å². The summed E-state index contributed by atoms with van der Waals surface area (Å²) in [6, 6.07) is 0. The highest BCUT2D eigenvalue weighted by Gasteiger charge is 2.58. The van der Waals surface area contributed by atoms with Gasteiger partial charge in [0.25, 0.3) is 0 Å². The molecule has 0 radical (unpaired) electrons. The van der Waals surface area contributed by atoms with Crippen LogP contribution in [0.4, 0.5) is 0 Å². The van der Waals surface area contributed by atoms with Gasteiger partial charge in [-0.05, 0) is 0 Å². The van der Waals surface area contributed by atoms with Crippen LogP contribution in [0.1, 0.15) is 0 Å². The van der Waals surface area contributed by atoms with Crippen LogP contribution in [0.25, 0.3) is 0 Å². The summed E-state index contributed by atoms with van der Waals surface area (Å²) in [6.45, 7) is 0. The lowest BCUT2D eigenvalue weighted by Crippen LogP contribution is -2.53. The van der Waals surface area contributed by atoms with Gasteiger partial charge in [0.15, 0.2) is 0 Å². The lowest BCUT2D eigenvalue weighted by molar-refractivity contribution is -0.121. The van der Waals surface area contributed by atoms with E-state index in [1.165, 1.54) is 11.8 Å². The zero-order valence-corrected chi connectivity index (χ0v) is 6.48. The van der Waals surface area contributed by atoms with E-state index in [-0.39, 0.29) is 10.5 Å². The molecule has 2 rings (SSSR count). The van der Waals surface area contributed by atoms with E-state index in [2.05, 4.69) is 0 Å². The number of aliphatic hydroxyl groups excluding tert-OH is 4. The highest BCUT2D eigenvalue weighted by atomic mass is 32.2. The Bertz CT molecular complexity index is 158. The van der Waals surface area contributed by atoms with E-state index in [1.807, 2.05) is 0 Å². The quantitative estimate of drug-likeness (QED) is 0.320. The van der Waals surface area contributed by atoms with E-state index in [0.29, 0.717) is 0 Å². The molecule has 6 unspecified atom stereocenters. The molecule has 1 saturated carbocycles. The first kappa shape index (κ1) is 7.82. The van der Waals surface area contributed by atoms with Crippen molar-refractivity contribution in [3.05, 3.63) is 0 Å². The second-order valence-electron chi connectivity index (χ2n) is 3.03. The molecule has 6 atom stereocenters. The largest absolute Gasteiger partial charge is 0.389 e. The van der Waals surface area contributed by atoms with Gasteiger partial charge in [0, 0.05) is 10.5 Å². The monoisotopic (exact) mass is 178 g/mol. The van der Waals surface area contributed by atoms with Crippen LogP contribution >= 0.6 is 11.8 Å². The third-order valence-corrected chi connectivity index (χ3v) is 3.74. The number of thioether (sulfide) groups is 1. The maximum Gasteiger partial charge on any atom is 0.109 e. The topological polar surface area (TPSA) is 80.9 Å². The van der Waals surface area contributed by atoms with Gasteiger partial charge in [-0.3, -0.25) is 0 Å². The van der Waals surface area contributed by atoms with Crippen LogP contribution in [-0.2, 0) is 0 Å². The molecule has 0 bridgehead atoms. The van der Waals surface area contributed by atoms with Crippen LogP contribution in [0.3, 0.4) is 0 Å². The molecule has 1 aliphatic heterocycles. The van der Waals surface area contributed by atoms with Gasteiger partial charge in [0.1, 0.15) is 12.2 Å². The van der Waals surface area contributed by atoms with Gasteiger partial charge in [-0.1, -0.05) is 0 Å². The minimum absolute atomic E-state index is 0.0802. The van der Waals surface area contributed by atoms with E-state index >= 15 is 0 Å². The summed E-state index contributed by atoms with van der Waals surface area (Å²) in [5.41, 5.74) is 0. The Morgan fingerprint density at radius 2 is 1.00 bits per heavy atom. The first-order valence-corrected chi connectivity index (χ1v) is 4.45. The van der Waals surface area contributed by atoms with Gasteiger partial charge < -0.3 is 20.4 Å². The first-order valence-electron chi connectivity index (χ1n) is 3.50. The minimum Gasteiger partial charge on any atom is -0.389 e. The smallest absolute Gasteiger partial charge is 0.109 e. The molecule has 0 spiro atoms. The molecule has 1 saturated heterocycles. The first-order chi connectivity index (χ1) is 5.13. The Balaban J connectivity index is 2.13. The second-order valence-corrected chi connectivity index (χ2v) is 4.39. The average Bonchev–Trinajstić information content (AvgIpc) is 2.76. The van der Waals surface area contributed by atoms with E-state index in [4.69, 9.17) is 10.2 Å². The normalized spacial score (nSPS) is 62.2. The number of hydrogen-bond acceptors (Lipinski definition) is 5. The van der Waals surface area contributed by atoms with Crippen LogP contribution in [0.5, 0.6) is 0 Å². The zero-order chi connectivity index (χ0) is 8.17. The van der Waals surface area contributed by atoms with Crippen molar-refractivity contribution in [1.82, 2.24) is 0 Å². The van der Waals surface area contributed by atoms with Crippen molar-refractivity contribution in [2.24, 2.45) is 0 Å². The Labute approximate surface area is 67.9 Å². The van der Waals surface area contributed by atoms with E-state index < -0.39 is 24.4 Å². The maximum absolute atomic E-state index is 9.23. The summed E-state index contributed by atoms with van der Waals surface area (Å²) in [7, 11) is 0. The van der Waals surface area contributed by atoms with Gasteiger partial charge in [0.2, 0.25) is 0 Å². The summed E-state index contributed by atoms with van der Waals surface area (Å²) >= 11 is 1.40. The highest BCUT2D eigenvalue weighted by molar-refractivity contribution is 8.07. The molecule has 0 aromatic heterocycles. The third-order valence-electron chi connectivity index (χ3n) is 2.28. The van der Waals surface area contributed by atoms with Crippen LogP contribution in [-0.4, -0.2) is 55.3 Å². The van der Waals surface area contributed by atoms with Crippen LogP contribution < -0.4 is 0 Å². The molecular weight excluding hydrogens is 168 g/mol.